The highest BCUT2D eigenvalue weighted by Gasteiger charge is 2.45. The second kappa shape index (κ2) is 6.85. The van der Waals surface area contributed by atoms with Gasteiger partial charge in [-0.05, 0) is 31.4 Å². The molecule has 0 aliphatic carbocycles. The third-order valence-corrected chi connectivity index (χ3v) is 3.97. The molecule has 2 aliphatic heterocycles. The Morgan fingerprint density at radius 2 is 2.05 bits per heavy atom. The molecule has 22 heavy (non-hydrogen) atoms. The fourth-order valence-corrected chi connectivity index (χ4v) is 3.13. The minimum atomic E-state index is -6.00. The molecule has 1 N–H and O–H groups in total. The molecule has 124 valence electrons. The minimum Gasteiger partial charge on any atom is -0.418 e. The first kappa shape index (κ1) is 17.1. The second-order valence-corrected chi connectivity index (χ2v) is 5.74. The Hall–Kier alpha value is -1.31. The first-order chi connectivity index (χ1) is 10.3. The number of ether oxygens (including phenoxy) is 1. The zero-order chi connectivity index (χ0) is 16.3. The number of halogens is 4. The van der Waals surface area contributed by atoms with E-state index < -0.39 is 7.25 Å². The van der Waals surface area contributed by atoms with Crippen LogP contribution in [0.2, 0.25) is 0 Å². The fourth-order valence-electron chi connectivity index (χ4n) is 3.13. The lowest BCUT2D eigenvalue weighted by molar-refractivity contribution is -0.756. The predicted molar refractivity (Wildman–Crippen MR) is 77.0 cm³/mol. The molecule has 0 aromatic carbocycles. The molecule has 3 heterocycles. The maximum atomic E-state index is 9.75. The minimum absolute atomic E-state index is 0.253. The monoisotopic (exact) mass is 320 g/mol. The molecule has 1 aromatic heterocycles. The Morgan fingerprint density at radius 1 is 1.36 bits per heavy atom. The highest BCUT2D eigenvalue weighted by atomic mass is 19.5. The van der Waals surface area contributed by atoms with Gasteiger partial charge in [0.2, 0.25) is 6.23 Å². The number of rotatable bonds is 2. The molecule has 2 aliphatic rings. The van der Waals surface area contributed by atoms with Crippen molar-refractivity contribution in [2.24, 2.45) is 5.92 Å². The number of aromatic nitrogens is 1. The van der Waals surface area contributed by atoms with Gasteiger partial charge in [0.15, 0.2) is 0 Å². The summed E-state index contributed by atoms with van der Waals surface area (Å²) in [5.41, 5.74) is 1.30. The van der Waals surface area contributed by atoms with Crippen LogP contribution in [-0.2, 0) is 4.74 Å². The largest absolute Gasteiger partial charge is 0.673 e. The highest BCUT2D eigenvalue weighted by molar-refractivity contribution is 6.50. The Labute approximate surface area is 127 Å². The molecule has 3 rings (SSSR count). The van der Waals surface area contributed by atoms with Gasteiger partial charge in [0, 0.05) is 6.07 Å². The number of hydrogen-bond donors (Lipinski definition) is 1. The van der Waals surface area contributed by atoms with Gasteiger partial charge in [-0.25, -0.2) is 4.57 Å². The van der Waals surface area contributed by atoms with Crippen LogP contribution in [0, 0.1) is 12.8 Å². The van der Waals surface area contributed by atoms with Crippen LogP contribution >= 0.6 is 0 Å². The molecular weight excluding hydrogens is 299 g/mol. The molecule has 0 bridgehead atoms. The van der Waals surface area contributed by atoms with E-state index in [1.165, 1.54) is 30.6 Å². The summed E-state index contributed by atoms with van der Waals surface area (Å²) < 4.78 is 47.2. The normalized spacial score (nSPS) is 26.4. The summed E-state index contributed by atoms with van der Waals surface area (Å²) in [7, 11) is -6.00. The molecule has 1 unspecified atom stereocenters. The number of nitrogens with one attached hydrogen (secondary N) is 1. The van der Waals surface area contributed by atoms with Crippen LogP contribution in [-0.4, -0.2) is 19.9 Å². The molecule has 0 spiro atoms. The quantitative estimate of drug-likeness (QED) is 0.510. The molecule has 0 amide bonds. The van der Waals surface area contributed by atoms with Crippen molar-refractivity contribution in [2.45, 2.75) is 45.4 Å². The van der Waals surface area contributed by atoms with Crippen molar-refractivity contribution in [3.63, 3.8) is 0 Å². The van der Waals surface area contributed by atoms with Gasteiger partial charge in [0.1, 0.15) is 6.04 Å². The maximum absolute atomic E-state index is 9.75. The van der Waals surface area contributed by atoms with Crippen LogP contribution in [0.3, 0.4) is 0 Å². The zero-order valence-electron chi connectivity index (χ0n) is 12.7. The Balaban J connectivity index is 0.000000309. The van der Waals surface area contributed by atoms with E-state index in [0.717, 1.165) is 6.61 Å². The molecule has 3 atom stereocenters. The zero-order valence-corrected chi connectivity index (χ0v) is 12.7. The topological polar surface area (TPSA) is 25.1 Å². The van der Waals surface area contributed by atoms with Gasteiger partial charge in [-0.2, -0.15) is 0 Å². The van der Waals surface area contributed by atoms with Gasteiger partial charge in [0.05, 0.1) is 18.7 Å². The molecular formula is C14H21BF4N2O. The van der Waals surface area contributed by atoms with Crippen LogP contribution in [0.5, 0.6) is 0 Å². The van der Waals surface area contributed by atoms with E-state index in [1.54, 1.807) is 0 Å². The van der Waals surface area contributed by atoms with Crippen molar-refractivity contribution in [3.8, 4) is 0 Å². The smallest absolute Gasteiger partial charge is 0.418 e. The van der Waals surface area contributed by atoms with Gasteiger partial charge in [-0.3, -0.25) is 5.32 Å². The van der Waals surface area contributed by atoms with Gasteiger partial charge >= 0.3 is 7.25 Å². The van der Waals surface area contributed by atoms with Crippen molar-refractivity contribution in [1.82, 2.24) is 0 Å². The first-order valence-electron chi connectivity index (χ1n) is 7.57. The van der Waals surface area contributed by atoms with Gasteiger partial charge < -0.3 is 22.0 Å². The average molecular weight is 320 g/mol. The Morgan fingerprint density at radius 3 is 2.68 bits per heavy atom. The summed E-state index contributed by atoms with van der Waals surface area (Å²) in [6.07, 6.45) is 6.06. The summed E-state index contributed by atoms with van der Waals surface area (Å²) in [5.74, 6) is 1.85. The van der Waals surface area contributed by atoms with Gasteiger partial charge in [0.25, 0.3) is 5.82 Å². The van der Waals surface area contributed by atoms with E-state index in [1.807, 2.05) is 0 Å². The maximum Gasteiger partial charge on any atom is 0.673 e. The van der Waals surface area contributed by atoms with Gasteiger partial charge in [-0.15, -0.1) is 0 Å². The first-order valence-corrected chi connectivity index (χ1v) is 7.57. The van der Waals surface area contributed by atoms with E-state index >= 15 is 0 Å². The molecule has 3 nitrogen and oxygen atoms in total. The summed E-state index contributed by atoms with van der Waals surface area (Å²) in [5, 5.41) is 3.69. The molecule has 8 heteroatoms. The fraction of sp³-hybridized carbons (Fsp3) is 0.643. The van der Waals surface area contributed by atoms with Gasteiger partial charge in [-0.1, -0.05) is 13.3 Å². The van der Waals surface area contributed by atoms with E-state index in [-0.39, 0.29) is 6.23 Å². The number of pyridine rings is 1. The third-order valence-electron chi connectivity index (χ3n) is 3.97. The number of hydrogen-bond acceptors (Lipinski definition) is 2. The number of fused-ring (bicyclic) bond motifs is 3. The molecule has 1 aromatic rings. The number of aryl methyl sites for hydroxylation is 1. The molecule has 0 radical (unpaired) electrons. The van der Waals surface area contributed by atoms with Crippen molar-refractivity contribution >= 4 is 13.1 Å². The van der Waals surface area contributed by atoms with Crippen LogP contribution in [0.1, 0.15) is 38.0 Å². The molecule has 1 fully saturated rings. The number of anilines is 1. The molecule has 1 saturated heterocycles. The lowest BCUT2D eigenvalue weighted by atomic mass is 9.91. The summed E-state index contributed by atoms with van der Waals surface area (Å²) in [6, 6.07) is 4.96. The highest BCUT2D eigenvalue weighted by Crippen LogP contribution is 2.36. The summed E-state index contributed by atoms with van der Waals surface area (Å²) >= 11 is 0. The standard InChI is InChI=1S/C14H20N2O.BF4/c1-3-4-12-11-6-8-17-14(11)16-7-5-10(2)9-13(16)15-12;2-1(3,4)5/h5,7,9,11-12,14H,3-4,6,8H2,1-2H3;/q;-1/p+1/t11-,12?,14-;/m0./s1. The number of nitrogens with zero attached hydrogens (tertiary/aromatic N) is 1. The van der Waals surface area contributed by atoms with E-state index in [9.17, 15) is 17.3 Å². The second-order valence-electron chi connectivity index (χ2n) is 5.74. The Bertz CT molecular complexity index is 506. The summed E-state index contributed by atoms with van der Waals surface area (Å²) in [6.45, 7) is 5.29. The van der Waals surface area contributed by atoms with Crippen LogP contribution < -0.4 is 9.88 Å². The average Bonchev–Trinajstić information content (AvgIpc) is 2.86. The van der Waals surface area contributed by atoms with Crippen LogP contribution in [0.15, 0.2) is 18.3 Å². The van der Waals surface area contributed by atoms with Crippen molar-refractivity contribution in [1.29, 1.82) is 0 Å². The summed E-state index contributed by atoms with van der Waals surface area (Å²) in [4.78, 5) is 0. The van der Waals surface area contributed by atoms with Crippen molar-refractivity contribution in [3.05, 3.63) is 23.9 Å². The van der Waals surface area contributed by atoms with Crippen LogP contribution in [0.4, 0.5) is 23.1 Å². The lowest BCUT2D eigenvalue weighted by Gasteiger charge is -2.30. The predicted octanol–water partition coefficient (Wildman–Crippen LogP) is 3.71. The van der Waals surface area contributed by atoms with E-state index in [2.05, 4.69) is 42.1 Å². The third kappa shape index (κ3) is 4.35. The SMILES string of the molecule is CCCC1Nc2cc(C)cc[n+]2[C@H]2OCC[C@@H]12.F[B-](F)(F)F. The lowest BCUT2D eigenvalue weighted by Crippen LogP contribution is -2.54. The Kier molecular flexibility index (Phi) is 5.31. The van der Waals surface area contributed by atoms with Crippen molar-refractivity contribution < 1.29 is 26.6 Å². The van der Waals surface area contributed by atoms with E-state index in [0.29, 0.717) is 12.0 Å². The van der Waals surface area contributed by atoms with E-state index in [4.69, 9.17) is 4.74 Å². The molecule has 0 saturated carbocycles. The van der Waals surface area contributed by atoms with Crippen LogP contribution in [0.25, 0.3) is 0 Å². The van der Waals surface area contributed by atoms with Crippen molar-refractivity contribution in [2.75, 3.05) is 11.9 Å².